The van der Waals surface area contributed by atoms with E-state index in [1.807, 2.05) is 38.3 Å². The maximum absolute atomic E-state index is 13.6. The van der Waals surface area contributed by atoms with Crippen molar-refractivity contribution in [3.63, 3.8) is 0 Å². The van der Waals surface area contributed by atoms with Gasteiger partial charge in [0.05, 0.1) is 43.6 Å². The zero-order chi connectivity index (χ0) is 29.7. The van der Waals surface area contributed by atoms with Crippen LogP contribution in [0.15, 0.2) is 30.5 Å². The number of carbonyl (C=O) groups is 2. The molecule has 1 saturated heterocycles. The van der Waals surface area contributed by atoms with E-state index >= 15 is 0 Å². The van der Waals surface area contributed by atoms with E-state index in [1.54, 1.807) is 18.0 Å². The van der Waals surface area contributed by atoms with E-state index in [4.69, 9.17) is 9.47 Å². The summed E-state index contributed by atoms with van der Waals surface area (Å²) in [4.78, 5) is 28.4. The molecule has 41 heavy (non-hydrogen) atoms. The number of methoxy groups -OCH3 is 1. The standard InChI is InChI=1S/C30H42N6O4S/c1-19-14-21(28(37)32-23-16-22(30(3,4)5)17-24(34-41-7)27(23)39-6)15-26(20(19)2)36-18-25(33-36)29(38)31-8-9-35-10-12-40-13-11-35/h14-18,33-34H,8-13H2,1-7H3,(H,31,38)(H,32,37). The molecule has 0 bridgehead atoms. The van der Waals surface area contributed by atoms with E-state index in [9.17, 15) is 9.59 Å². The van der Waals surface area contributed by atoms with Gasteiger partial charge in [0.15, 0.2) is 5.75 Å². The minimum Gasteiger partial charge on any atom is -0.492 e. The van der Waals surface area contributed by atoms with Gasteiger partial charge in [0, 0.05) is 38.0 Å². The number of benzene rings is 2. The molecule has 11 heteroatoms. The molecule has 2 aromatic carbocycles. The van der Waals surface area contributed by atoms with Crippen LogP contribution in [0.4, 0.5) is 11.4 Å². The number of morpholine rings is 1. The fourth-order valence-electron chi connectivity index (χ4n) is 4.72. The van der Waals surface area contributed by atoms with Gasteiger partial charge in [-0.1, -0.05) is 32.7 Å². The van der Waals surface area contributed by atoms with Crippen molar-refractivity contribution in [2.45, 2.75) is 40.0 Å². The predicted octanol–water partition coefficient (Wildman–Crippen LogP) is 4.73. The number of ether oxygens (including phenoxy) is 2. The van der Waals surface area contributed by atoms with Gasteiger partial charge in [0.25, 0.3) is 11.8 Å². The topological polar surface area (TPSA) is 113 Å². The molecule has 1 aromatic heterocycles. The third kappa shape index (κ3) is 7.27. The van der Waals surface area contributed by atoms with E-state index in [0.29, 0.717) is 29.2 Å². The Bertz CT molecular complexity index is 1370. The molecule has 0 spiro atoms. The van der Waals surface area contributed by atoms with Crippen molar-refractivity contribution in [3.05, 3.63) is 58.4 Å². The van der Waals surface area contributed by atoms with Crippen LogP contribution in [0, 0.1) is 13.8 Å². The number of rotatable bonds is 10. The smallest absolute Gasteiger partial charge is 0.270 e. The van der Waals surface area contributed by atoms with Crippen LogP contribution in [-0.2, 0) is 10.2 Å². The number of amides is 2. The van der Waals surface area contributed by atoms with Gasteiger partial charge >= 0.3 is 0 Å². The molecule has 0 unspecified atom stereocenters. The lowest BCUT2D eigenvalue weighted by molar-refractivity contribution is 0.0383. The van der Waals surface area contributed by atoms with Gasteiger partial charge < -0.3 is 24.8 Å². The largest absolute Gasteiger partial charge is 0.492 e. The summed E-state index contributed by atoms with van der Waals surface area (Å²) in [6.07, 6.45) is 3.70. The molecule has 0 atom stereocenters. The van der Waals surface area contributed by atoms with Crippen LogP contribution < -0.4 is 20.1 Å². The number of hydrogen-bond acceptors (Lipinski definition) is 7. The normalized spacial score (nSPS) is 14.1. The van der Waals surface area contributed by atoms with E-state index in [1.165, 1.54) is 11.9 Å². The summed E-state index contributed by atoms with van der Waals surface area (Å²) in [6, 6.07) is 7.72. The van der Waals surface area contributed by atoms with Gasteiger partial charge in [0.1, 0.15) is 5.69 Å². The van der Waals surface area contributed by atoms with Crippen LogP contribution in [0.25, 0.3) is 5.69 Å². The number of nitrogens with one attached hydrogen (secondary N) is 4. The van der Waals surface area contributed by atoms with Gasteiger partial charge in [-0.25, -0.2) is 0 Å². The Kier molecular flexibility index (Phi) is 9.72. The second-order valence-electron chi connectivity index (χ2n) is 11.3. The highest BCUT2D eigenvalue weighted by atomic mass is 32.2. The fraction of sp³-hybridized carbons (Fsp3) is 0.467. The Morgan fingerprint density at radius 3 is 2.39 bits per heavy atom. The number of aromatic nitrogens is 2. The highest BCUT2D eigenvalue weighted by Gasteiger charge is 2.22. The van der Waals surface area contributed by atoms with Crippen molar-refractivity contribution in [3.8, 4) is 11.4 Å². The van der Waals surface area contributed by atoms with Crippen molar-refractivity contribution < 1.29 is 19.1 Å². The summed E-state index contributed by atoms with van der Waals surface area (Å²) in [5, 5.41) is 9.15. The molecule has 4 rings (SSSR count). The second-order valence-corrected chi connectivity index (χ2v) is 11.9. The zero-order valence-electron chi connectivity index (χ0n) is 25.1. The van der Waals surface area contributed by atoms with E-state index < -0.39 is 0 Å². The first-order valence-electron chi connectivity index (χ1n) is 13.8. The van der Waals surface area contributed by atoms with Crippen LogP contribution in [0.3, 0.4) is 0 Å². The van der Waals surface area contributed by atoms with Crippen molar-refractivity contribution in [2.75, 3.05) is 62.8 Å². The highest BCUT2D eigenvalue weighted by Crippen LogP contribution is 2.39. The lowest BCUT2D eigenvalue weighted by Crippen LogP contribution is -2.41. The Balaban J connectivity index is 1.51. The lowest BCUT2D eigenvalue weighted by atomic mass is 9.86. The third-order valence-electron chi connectivity index (χ3n) is 7.34. The Morgan fingerprint density at radius 1 is 1.07 bits per heavy atom. The first-order chi connectivity index (χ1) is 19.5. The Morgan fingerprint density at radius 2 is 1.76 bits per heavy atom. The van der Waals surface area contributed by atoms with E-state index in [-0.39, 0.29) is 17.2 Å². The maximum Gasteiger partial charge on any atom is 0.270 e. The van der Waals surface area contributed by atoms with Gasteiger partial charge in [-0.15, -0.1) is 0 Å². The molecule has 1 fully saturated rings. The zero-order valence-corrected chi connectivity index (χ0v) is 25.9. The molecular weight excluding hydrogens is 540 g/mol. The molecule has 0 aliphatic carbocycles. The van der Waals surface area contributed by atoms with Gasteiger partial charge in [-0.2, -0.15) is 0 Å². The number of H-pyrrole nitrogens is 1. The van der Waals surface area contributed by atoms with Crippen LogP contribution in [0.5, 0.6) is 5.75 Å². The summed E-state index contributed by atoms with van der Waals surface area (Å²) >= 11 is 1.46. The summed E-state index contributed by atoms with van der Waals surface area (Å²) in [5.74, 6) is 0.166. The van der Waals surface area contributed by atoms with Crippen molar-refractivity contribution >= 4 is 35.1 Å². The molecule has 1 aliphatic rings. The molecule has 4 N–H and O–H groups in total. The second kappa shape index (κ2) is 13.1. The van der Waals surface area contributed by atoms with Crippen LogP contribution >= 0.6 is 11.9 Å². The Labute approximate surface area is 246 Å². The summed E-state index contributed by atoms with van der Waals surface area (Å²) < 4.78 is 16.1. The first kappa shape index (κ1) is 30.5. The monoisotopic (exact) mass is 582 g/mol. The average Bonchev–Trinajstić information content (AvgIpc) is 2.90. The number of aryl methyl sites for hydroxylation is 1. The molecular formula is C30H42N6O4S. The van der Waals surface area contributed by atoms with Crippen molar-refractivity contribution in [1.29, 1.82) is 0 Å². The fourth-order valence-corrected chi connectivity index (χ4v) is 5.09. The van der Waals surface area contributed by atoms with Crippen molar-refractivity contribution in [1.82, 2.24) is 20.0 Å². The predicted molar refractivity (Wildman–Crippen MR) is 166 cm³/mol. The summed E-state index contributed by atoms with van der Waals surface area (Å²) in [6.45, 7) is 15.0. The molecule has 2 amide bonds. The third-order valence-corrected chi connectivity index (χ3v) is 7.77. The molecule has 222 valence electrons. The molecule has 0 saturated carbocycles. The summed E-state index contributed by atoms with van der Waals surface area (Å²) in [7, 11) is 1.60. The first-order valence-corrected chi connectivity index (χ1v) is 15.0. The number of anilines is 2. The van der Waals surface area contributed by atoms with Crippen LogP contribution in [0.2, 0.25) is 0 Å². The minimum absolute atomic E-state index is 0.129. The van der Waals surface area contributed by atoms with Crippen LogP contribution in [-0.4, -0.2) is 79.3 Å². The number of hydrogen-bond donors (Lipinski definition) is 4. The minimum atomic E-state index is -0.251. The molecule has 2 heterocycles. The van der Waals surface area contributed by atoms with Gasteiger partial charge in [0.2, 0.25) is 0 Å². The molecule has 10 nitrogen and oxygen atoms in total. The molecule has 3 aromatic rings. The van der Waals surface area contributed by atoms with E-state index in [0.717, 1.165) is 60.9 Å². The number of aromatic amines is 1. The Hall–Kier alpha value is -3.41. The van der Waals surface area contributed by atoms with Gasteiger partial charge in [-0.05, 0) is 60.2 Å². The van der Waals surface area contributed by atoms with Crippen LogP contribution in [0.1, 0.15) is 58.3 Å². The SMILES string of the molecule is COc1c(NSC)cc(C(C)(C)C)cc1NC(=O)c1cc(C)c(C)c(-n2cc(C(=O)NCCN3CCOCC3)[nH]2)c1. The molecule has 1 aliphatic heterocycles. The van der Waals surface area contributed by atoms with Gasteiger partial charge in [-0.3, -0.25) is 24.3 Å². The average molecular weight is 583 g/mol. The number of nitrogens with zero attached hydrogens (tertiary/aromatic N) is 2. The highest BCUT2D eigenvalue weighted by molar-refractivity contribution is 7.99. The van der Waals surface area contributed by atoms with Crippen molar-refractivity contribution in [2.24, 2.45) is 0 Å². The lowest BCUT2D eigenvalue weighted by Gasteiger charge is -2.26. The maximum atomic E-state index is 13.6. The summed E-state index contributed by atoms with van der Waals surface area (Å²) in [5.41, 5.74) is 6.10. The number of carbonyl (C=O) groups excluding carboxylic acids is 2. The molecule has 0 radical (unpaired) electrons. The van der Waals surface area contributed by atoms with E-state index in [2.05, 4.69) is 52.2 Å². The quantitative estimate of drug-likeness (QED) is 0.256.